The van der Waals surface area contributed by atoms with Crippen LogP contribution in [0, 0.1) is 0 Å². The van der Waals surface area contributed by atoms with Crippen molar-refractivity contribution in [3.8, 4) is 5.75 Å². The molecule has 1 fully saturated rings. The largest absolute Gasteiger partial charge is 0.486 e. The van der Waals surface area contributed by atoms with Crippen molar-refractivity contribution in [2.45, 2.75) is 32.6 Å². The van der Waals surface area contributed by atoms with Crippen molar-refractivity contribution in [1.82, 2.24) is 5.06 Å². The van der Waals surface area contributed by atoms with Gasteiger partial charge in [-0.05, 0) is 6.42 Å². The minimum Gasteiger partial charge on any atom is -0.486 e. The Morgan fingerprint density at radius 3 is 2.38 bits per heavy atom. The van der Waals surface area contributed by atoms with Crippen molar-refractivity contribution in [2.24, 2.45) is 0 Å². The summed E-state index contributed by atoms with van der Waals surface area (Å²) in [4.78, 5) is 64.0. The summed E-state index contributed by atoms with van der Waals surface area (Å²) < 4.78 is 14.8. The van der Waals surface area contributed by atoms with E-state index in [1.165, 1.54) is 0 Å². The fourth-order valence-electron chi connectivity index (χ4n) is 2.06. The number of amides is 2. The van der Waals surface area contributed by atoms with Gasteiger partial charge in [-0.1, -0.05) is 13.3 Å². The molecule has 2 heterocycles. The number of rotatable bonds is 7. The van der Waals surface area contributed by atoms with E-state index in [2.05, 4.69) is 4.74 Å². The van der Waals surface area contributed by atoms with Gasteiger partial charge in [0.1, 0.15) is 0 Å². The highest BCUT2D eigenvalue weighted by molar-refractivity contribution is 6.02. The van der Waals surface area contributed by atoms with Crippen LogP contribution in [-0.4, -0.2) is 42.5 Å². The Morgan fingerprint density at radius 1 is 1.15 bits per heavy atom. The average molecular weight is 367 g/mol. The second kappa shape index (κ2) is 8.28. The number of hydrogen-bond acceptors (Lipinski definition) is 9. The monoisotopic (exact) mass is 367 g/mol. The molecule has 2 rings (SSSR count). The van der Waals surface area contributed by atoms with Crippen LogP contribution in [0.2, 0.25) is 0 Å². The van der Waals surface area contributed by atoms with Crippen LogP contribution in [0.25, 0.3) is 0 Å². The number of carbonyl (C=O) groups excluding carboxylic acids is 4. The lowest BCUT2D eigenvalue weighted by atomic mass is 10.3. The highest BCUT2D eigenvalue weighted by Crippen LogP contribution is 2.20. The van der Waals surface area contributed by atoms with E-state index in [0.29, 0.717) is 11.5 Å². The van der Waals surface area contributed by atoms with E-state index in [1.54, 1.807) is 0 Å². The molecule has 0 aromatic carbocycles. The van der Waals surface area contributed by atoms with Crippen molar-refractivity contribution in [3.05, 3.63) is 27.8 Å². The molecule has 10 nitrogen and oxygen atoms in total. The van der Waals surface area contributed by atoms with Crippen molar-refractivity contribution >= 4 is 23.8 Å². The SMILES string of the molecule is CCCCOc1c(C(=O)ON2C(=O)CCC2=O)oc(C(=O)OC)cc1=O. The van der Waals surface area contributed by atoms with Crippen molar-refractivity contribution in [3.63, 3.8) is 0 Å². The molecule has 1 saturated heterocycles. The molecule has 0 unspecified atom stereocenters. The summed E-state index contributed by atoms with van der Waals surface area (Å²) in [6.07, 6.45) is 1.16. The van der Waals surface area contributed by atoms with Crippen molar-refractivity contribution in [1.29, 1.82) is 0 Å². The summed E-state index contributed by atoms with van der Waals surface area (Å²) >= 11 is 0. The van der Waals surface area contributed by atoms with E-state index >= 15 is 0 Å². The fourth-order valence-corrected chi connectivity index (χ4v) is 2.06. The quantitative estimate of drug-likeness (QED) is 0.391. The van der Waals surface area contributed by atoms with Crippen molar-refractivity contribution in [2.75, 3.05) is 13.7 Å². The Balaban J connectivity index is 2.38. The molecule has 0 N–H and O–H groups in total. The Hall–Kier alpha value is -3.17. The van der Waals surface area contributed by atoms with Gasteiger partial charge in [-0.15, -0.1) is 5.06 Å². The zero-order chi connectivity index (χ0) is 19.3. The molecule has 0 aliphatic carbocycles. The summed E-state index contributed by atoms with van der Waals surface area (Å²) in [6.45, 7) is 2.01. The number of carbonyl (C=O) groups is 4. The van der Waals surface area contributed by atoms with Gasteiger partial charge in [0, 0.05) is 18.9 Å². The first kappa shape index (κ1) is 19.2. The lowest BCUT2D eigenvalue weighted by molar-refractivity contribution is -0.173. The van der Waals surface area contributed by atoms with E-state index in [9.17, 15) is 24.0 Å². The van der Waals surface area contributed by atoms with Crippen LogP contribution >= 0.6 is 0 Å². The Morgan fingerprint density at radius 2 is 1.81 bits per heavy atom. The van der Waals surface area contributed by atoms with E-state index in [4.69, 9.17) is 14.0 Å². The molecule has 1 aliphatic heterocycles. The molecule has 2 amide bonds. The number of ether oxygens (including phenoxy) is 2. The number of hydroxylamine groups is 2. The molecule has 0 bridgehead atoms. The minimum absolute atomic E-state index is 0.0991. The van der Waals surface area contributed by atoms with Crippen LogP contribution in [0.1, 0.15) is 53.7 Å². The van der Waals surface area contributed by atoms with E-state index in [0.717, 1.165) is 19.6 Å². The van der Waals surface area contributed by atoms with Crippen LogP contribution in [0.4, 0.5) is 0 Å². The highest BCUT2D eigenvalue weighted by atomic mass is 16.7. The number of imide groups is 1. The minimum atomic E-state index is -1.32. The molecule has 0 saturated carbocycles. The smallest absolute Gasteiger partial charge is 0.403 e. The molecule has 1 aliphatic rings. The number of nitrogens with zero attached hydrogens (tertiary/aromatic N) is 1. The lowest BCUT2D eigenvalue weighted by Crippen LogP contribution is -2.32. The molecule has 0 atom stereocenters. The van der Waals surface area contributed by atoms with E-state index in [-0.39, 0.29) is 19.4 Å². The van der Waals surface area contributed by atoms with Gasteiger partial charge in [0.25, 0.3) is 17.6 Å². The van der Waals surface area contributed by atoms with Gasteiger partial charge in [0.05, 0.1) is 13.7 Å². The summed E-state index contributed by atoms with van der Waals surface area (Å²) in [5, 5.41) is 0.295. The Labute approximate surface area is 147 Å². The summed E-state index contributed by atoms with van der Waals surface area (Å²) in [6, 6.07) is 0.816. The maximum absolute atomic E-state index is 12.3. The van der Waals surface area contributed by atoms with Gasteiger partial charge < -0.3 is 18.7 Å². The van der Waals surface area contributed by atoms with Gasteiger partial charge in [-0.3, -0.25) is 14.4 Å². The predicted octanol–water partition coefficient (Wildman–Crippen LogP) is 0.826. The van der Waals surface area contributed by atoms with Crippen LogP contribution < -0.4 is 10.2 Å². The number of esters is 1. The molecule has 0 radical (unpaired) electrons. The summed E-state index contributed by atoms with van der Waals surface area (Å²) in [7, 11) is 1.06. The molecular formula is C16H17NO9. The molecular weight excluding hydrogens is 350 g/mol. The van der Waals surface area contributed by atoms with Crippen LogP contribution in [0.3, 0.4) is 0 Å². The van der Waals surface area contributed by atoms with Crippen LogP contribution in [0.15, 0.2) is 15.3 Å². The third-order valence-electron chi connectivity index (χ3n) is 3.40. The van der Waals surface area contributed by atoms with Gasteiger partial charge in [0.2, 0.25) is 16.9 Å². The highest BCUT2D eigenvalue weighted by Gasteiger charge is 2.35. The molecule has 0 spiro atoms. The van der Waals surface area contributed by atoms with Crippen molar-refractivity contribution < 1.29 is 37.9 Å². The number of methoxy groups -OCH3 is 1. The average Bonchev–Trinajstić information content (AvgIpc) is 2.93. The topological polar surface area (TPSA) is 129 Å². The maximum atomic E-state index is 12.3. The molecule has 1 aromatic rings. The lowest BCUT2D eigenvalue weighted by Gasteiger charge is -2.14. The summed E-state index contributed by atoms with van der Waals surface area (Å²) in [5.74, 6) is -5.48. The molecule has 26 heavy (non-hydrogen) atoms. The second-order valence-electron chi connectivity index (χ2n) is 5.29. The van der Waals surface area contributed by atoms with Gasteiger partial charge >= 0.3 is 11.9 Å². The first-order chi connectivity index (χ1) is 12.4. The van der Waals surface area contributed by atoms with Gasteiger partial charge in [-0.25, -0.2) is 9.59 Å². The number of hydrogen-bond donors (Lipinski definition) is 0. The zero-order valence-corrected chi connectivity index (χ0v) is 14.2. The fraction of sp³-hybridized carbons (Fsp3) is 0.438. The molecule has 1 aromatic heterocycles. The van der Waals surface area contributed by atoms with E-state index in [1.807, 2.05) is 6.92 Å². The van der Waals surface area contributed by atoms with Crippen LogP contribution in [-0.2, 0) is 19.2 Å². The predicted molar refractivity (Wildman–Crippen MR) is 83.2 cm³/mol. The maximum Gasteiger partial charge on any atom is 0.403 e. The zero-order valence-electron chi connectivity index (χ0n) is 14.2. The molecule has 140 valence electrons. The van der Waals surface area contributed by atoms with Gasteiger partial charge in [-0.2, -0.15) is 0 Å². The Kier molecular flexibility index (Phi) is 6.10. The first-order valence-electron chi connectivity index (χ1n) is 7.86. The van der Waals surface area contributed by atoms with Gasteiger partial charge in [0.15, 0.2) is 0 Å². The third-order valence-corrected chi connectivity index (χ3v) is 3.40. The standard InChI is InChI=1S/C16H17NO9/c1-3-4-7-24-13-9(18)8-10(15(21)23-2)25-14(13)16(22)26-17-11(19)5-6-12(17)20/h8H,3-7H2,1-2H3. The number of unbranched alkanes of at least 4 members (excludes halogenated alkanes) is 1. The normalized spacial score (nSPS) is 13.7. The third kappa shape index (κ3) is 4.08. The van der Waals surface area contributed by atoms with Crippen LogP contribution in [0.5, 0.6) is 5.75 Å². The molecule has 10 heteroatoms. The van der Waals surface area contributed by atoms with E-state index < -0.39 is 46.5 Å². The first-order valence-corrected chi connectivity index (χ1v) is 7.86. The summed E-state index contributed by atoms with van der Waals surface area (Å²) in [5.41, 5.74) is -0.807. The Bertz CT molecular complexity index is 779. The second-order valence-corrected chi connectivity index (χ2v) is 5.29.